The topological polar surface area (TPSA) is 6.25 Å². The molecule has 256 valence electrons. The van der Waals surface area contributed by atoms with Gasteiger partial charge in [0.25, 0.3) is 0 Å². The number of hydrogen-bond acceptors (Lipinski definition) is 1. The standard InChI is InChI=1S/C46H50N2P.HI/c1-7-47-40-28-17-15-26-38(40)45(3,4)42(47)32-30-34-20-19-21-35(31-33-43-46(5,6)39-27-16-18-29-41(39)48(43)8-2)44(34)49(36-22-11-9-12-23-36)37-24-13-10-14-25-37;/h9-18,22-33H,7-8,19-21H2,1-6H3;1H/q+1;/p-1. The summed E-state index contributed by atoms with van der Waals surface area (Å²) in [6.07, 6.45) is 13.2. The molecule has 0 saturated carbocycles. The van der Waals surface area contributed by atoms with E-state index in [4.69, 9.17) is 0 Å². The summed E-state index contributed by atoms with van der Waals surface area (Å²) in [5, 5.41) is 4.34. The van der Waals surface area contributed by atoms with Crippen LogP contribution in [-0.4, -0.2) is 23.4 Å². The Morgan fingerprint density at radius 1 is 0.680 bits per heavy atom. The quantitative estimate of drug-likeness (QED) is 0.100. The Morgan fingerprint density at radius 3 is 1.92 bits per heavy atom. The summed E-state index contributed by atoms with van der Waals surface area (Å²) in [4.78, 5) is 2.52. The molecule has 0 aromatic heterocycles. The number of para-hydroxylation sites is 2. The lowest BCUT2D eigenvalue weighted by Gasteiger charge is -2.30. The maximum atomic E-state index is 2.52. The average Bonchev–Trinajstić information content (AvgIpc) is 3.49. The fourth-order valence-corrected chi connectivity index (χ4v) is 11.1. The first-order valence-electron chi connectivity index (χ1n) is 18.1. The highest BCUT2D eigenvalue weighted by Crippen LogP contribution is 2.53. The molecule has 0 N–H and O–H groups in total. The summed E-state index contributed by atoms with van der Waals surface area (Å²) in [7, 11) is -0.771. The zero-order chi connectivity index (χ0) is 34.2. The van der Waals surface area contributed by atoms with Gasteiger partial charge in [-0.2, -0.15) is 4.58 Å². The summed E-state index contributed by atoms with van der Waals surface area (Å²) in [6.45, 7) is 16.0. The molecule has 0 saturated heterocycles. The molecular formula is C46H50IN2P. The number of benzene rings is 4. The largest absolute Gasteiger partial charge is 1.00 e. The molecule has 50 heavy (non-hydrogen) atoms. The first kappa shape index (κ1) is 36.3. The lowest BCUT2D eigenvalue weighted by atomic mass is 9.81. The van der Waals surface area contributed by atoms with E-state index in [0.717, 1.165) is 32.4 Å². The van der Waals surface area contributed by atoms with E-state index in [0.29, 0.717) is 0 Å². The van der Waals surface area contributed by atoms with Crippen LogP contribution in [0.25, 0.3) is 0 Å². The van der Waals surface area contributed by atoms with Gasteiger partial charge in [-0.05, 0) is 99.7 Å². The van der Waals surface area contributed by atoms with Crippen molar-refractivity contribution in [1.29, 1.82) is 0 Å². The number of hydrogen-bond donors (Lipinski definition) is 0. The van der Waals surface area contributed by atoms with Gasteiger partial charge in [0.1, 0.15) is 6.54 Å². The smallest absolute Gasteiger partial charge is 0.209 e. The van der Waals surface area contributed by atoms with E-state index < -0.39 is 7.92 Å². The summed E-state index contributed by atoms with van der Waals surface area (Å²) >= 11 is 0. The first-order valence-corrected chi connectivity index (χ1v) is 19.5. The summed E-state index contributed by atoms with van der Waals surface area (Å²) in [5.41, 5.74) is 11.1. The van der Waals surface area contributed by atoms with Crippen molar-refractivity contribution in [3.8, 4) is 0 Å². The van der Waals surface area contributed by atoms with Crippen LogP contribution >= 0.6 is 7.92 Å². The van der Waals surface area contributed by atoms with Crippen molar-refractivity contribution in [1.82, 2.24) is 0 Å². The molecule has 7 rings (SSSR count). The highest BCUT2D eigenvalue weighted by Gasteiger charge is 2.44. The van der Waals surface area contributed by atoms with Crippen molar-refractivity contribution < 1.29 is 28.6 Å². The van der Waals surface area contributed by atoms with Crippen molar-refractivity contribution in [2.75, 3.05) is 18.0 Å². The van der Waals surface area contributed by atoms with Gasteiger partial charge in [-0.3, -0.25) is 0 Å². The lowest BCUT2D eigenvalue weighted by Crippen LogP contribution is -3.00. The number of allylic oxidation sites excluding steroid dienone is 8. The molecule has 2 nitrogen and oxygen atoms in total. The number of nitrogens with zero attached hydrogens (tertiary/aromatic N) is 2. The Labute approximate surface area is 318 Å². The normalized spacial score (nSPS) is 19.5. The SMILES string of the molecule is CCN1/C(=C\C=C2/CCCC(/C=C/C3=[N+](CC)c4ccccc4C3(C)C)=C2P(c2ccccc2)c2ccccc2)C(C)(C)c2ccccc21.[I-]. The van der Waals surface area contributed by atoms with E-state index in [1.807, 2.05) is 0 Å². The summed E-state index contributed by atoms with van der Waals surface area (Å²) < 4.78 is 2.52. The van der Waals surface area contributed by atoms with Crippen LogP contribution in [0.1, 0.15) is 71.9 Å². The zero-order valence-electron chi connectivity index (χ0n) is 30.5. The molecule has 0 radical (unpaired) electrons. The van der Waals surface area contributed by atoms with Crippen LogP contribution < -0.4 is 39.5 Å². The molecule has 2 aliphatic heterocycles. The van der Waals surface area contributed by atoms with E-state index in [1.54, 1.807) is 0 Å². The van der Waals surface area contributed by atoms with Crippen molar-refractivity contribution >= 4 is 35.6 Å². The minimum absolute atomic E-state index is 0. The summed E-state index contributed by atoms with van der Waals surface area (Å²) in [6, 6.07) is 40.4. The van der Waals surface area contributed by atoms with Crippen LogP contribution in [0.4, 0.5) is 11.4 Å². The average molecular weight is 789 g/mol. The molecule has 1 aliphatic carbocycles. The van der Waals surface area contributed by atoms with Gasteiger partial charge in [-0.15, -0.1) is 0 Å². The maximum absolute atomic E-state index is 2.52. The number of halogens is 1. The fraction of sp³-hybridized carbons (Fsp3) is 0.283. The van der Waals surface area contributed by atoms with Gasteiger partial charge in [0.05, 0.1) is 5.41 Å². The molecule has 2 heterocycles. The van der Waals surface area contributed by atoms with Crippen LogP contribution in [0.5, 0.6) is 0 Å². The second kappa shape index (κ2) is 15.0. The van der Waals surface area contributed by atoms with Crippen molar-refractivity contribution in [3.63, 3.8) is 0 Å². The fourth-order valence-electron chi connectivity index (χ4n) is 8.41. The molecule has 4 aromatic carbocycles. The van der Waals surface area contributed by atoms with Gasteiger partial charge in [0, 0.05) is 41.1 Å². The van der Waals surface area contributed by atoms with Crippen LogP contribution in [0.3, 0.4) is 0 Å². The minimum atomic E-state index is -0.771. The monoisotopic (exact) mass is 788 g/mol. The Kier molecular flexibility index (Phi) is 10.9. The molecule has 0 fully saturated rings. The van der Waals surface area contributed by atoms with Crippen LogP contribution in [0.2, 0.25) is 0 Å². The van der Waals surface area contributed by atoms with E-state index in [2.05, 4.69) is 185 Å². The molecule has 0 bridgehead atoms. The zero-order valence-corrected chi connectivity index (χ0v) is 33.5. The molecule has 0 atom stereocenters. The first-order chi connectivity index (χ1) is 23.8. The van der Waals surface area contributed by atoms with Crippen molar-refractivity contribution in [2.24, 2.45) is 0 Å². The van der Waals surface area contributed by atoms with E-state index in [9.17, 15) is 0 Å². The Balaban J connectivity index is 0.00000432. The van der Waals surface area contributed by atoms with Gasteiger partial charge in [-0.1, -0.05) is 123 Å². The Bertz CT molecular complexity index is 1970. The molecule has 3 aliphatic rings. The lowest BCUT2D eigenvalue weighted by molar-refractivity contribution is -0.433. The highest BCUT2D eigenvalue weighted by molar-refractivity contribution is 7.77. The number of rotatable bonds is 8. The summed E-state index contributed by atoms with van der Waals surface area (Å²) in [5.74, 6) is 0. The highest BCUT2D eigenvalue weighted by atomic mass is 127. The van der Waals surface area contributed by atoms with E-state index in [1.165, 1.54) is 61.0 Å². The van der Waals surface area contributed by atoms with Gasteiger partial charge >= 0.3 is 0 Å². The Morgan fingerprint density at radius 2 is 1.28 bits per heavy atom. The van der Waals surface area contributed by atoms with Crippen LogP contribution in [0.15, 0.2) is 156 Å². The van der Waals surface area contributed by atoms with Crippen molar-refractivity contribution in [2.45, 2.75) is 71.6 Å². The number of fused-ring (bicyclic) bond motifs is 2. The number of likely N-dealkylation sites (N-methyl/N-ethyl adjacent to an activating group) is 1. The predicted octanol–water partition coefficient (Wildman–Crippen LogP) is 7.84. The van der Waals surface area contributed by atoms with Gasteiger partial charge in [0.15, 0.2) is 5.71 Å². The third kappa shape index (κ3) is 6.41. The second-order valence-corrected chi connectivity index (χ2v) is 16.6. The molecule has 0 spiro atoms. The third-order valence-electron chi connectivity index (χ3n) is 10.9. The predicted molar refractivity (Wildman–Crippen MR) is 213 cm³/mol. The Hall–Kier alpha value is -3.53. The molecule has 0 amide bonds. The molecular weight excluding hydrogens is 738 g/mol. The minimum Gasteiger partial charge on any atom is -1.00 e. The molecule has 4 heteroatoms. The van der Waals surface area contributed by atoms with Crippen molar-refractivity contribution in [3.05, 3.63) is 167 Å². The maximum Gasteiger partial charge on any atom is 0.209 e. The van der Waals surface area contributed by atoms with Gasteiger partial charge in [-0.25, -0.2) is 0 Å². The van der Waals surface area contributed by atoms with Crippen LogP contribution in [-0.2, 0) is 10.8 Å². The second-order valence-electron chi connectivity index (χ2n) is 14.5. The van der Waals surface area contributed by atoms with Gasteiger partial charge in [0.2, 0.25) is 5.69 Å². The third-order valence-corrected chi connectivity index (χ3v) is 13.5. The molecule has 0 unspecified atom stereocenters. The van der Waals surface area contributed by atoms with Gasteiger partial charge < -0.3 is 28.9 Å². The van der Waals surface area contributed by atoms with Crippen LogP contribution in [0, 0.1) is 0 Å². The van der Waals surface area contributed by atoms with E-state index in [-0.39, 0.29) is 34.8 Å². The van der Waals surface area contributed by atoms with E-state index >= 15 is 0 Å². The molecule has 4 aromatic rings. The number of anilines is 1.